The van der Waals surface area contributed by atoms with Crippen molar-refractivity contribution >= 4 is 27.1 Å². The second-order valence-electron chi connectivity index (χ2n) is 5.41. The Balaban J connectivity index is 1.94. The Morgan fingerprint density at radius 1 is 1.05 bits per heavy atom. The van der Waals surface area contributed by atoms with E-state index in [-0.39, 0.29) is 15.7 Å². The van der Waals surface area contributed by atoms with Crippen LogP contribution in [0.2, 0.25) is 5.02 Å². The Morgan fingerprint density at radius 3 is 2.62 bits per heavy atom. The third kappa shape index (κ3) is 2.92. The maximum absolute atomic E-state index is 12.5. The molecule has 0 atom stereocenters. The van der Waals surface area contributed by atoms with Gasteiger partial charge in [-0.25, -0.2) is 8.42 Å². The van der Waals surface area contributed by atoms with E-state index in [0.29, 0.717) is 5.69 Å². The van der Waals surface area contributed by atoms with Crippen LogP contribution in [-0.4, -0.2) is 8.42 Å². The van der Waals surface area contributed by atoms with Crippen molar-refractivity contribution in [2.24, 2.45) is 0 Å². The summed E-state index contributed by atoms with van der Waals surface area (Å²) < 4.78 is 25.1. The summed E-state index contributed by atoms with van der Waals surface area (Å²) in [6, 6.07) is 10.5. The first-order chi connectivity index (χ1) is 9.95. The quantitative estimate of drug-likeness (QED) is 0.881. The molecule has 0 saturated carbocycles. The lowest BCUT2D eigenvalue weighted by Crippen LogP contribution is -2.07. The van der Waals surface area contributed by atoms with E-state index in [4.69, 9.17) is 17.3 Å². The van der Waals surface area contributed by atoms with Gasteiger partial charge in [-0.05, 0) is 54.2 Å². The van der Waals surface area contributed by atoms with Crippen LogP contribution in [0.5, 0.6) is 0 Å². The molecule has 21 heavy (non-hydrogen) atoms. The fourth-order valence-electron chi connectivity index (χ4n) is 2.77. The Bertz CT molecular complexity index is 800. The van der Waals surface area contributed by atoms with Crippen molar-refractivity contribution in [1.82, 2.24) is 0 Å². The number of hydrogen-bond acceptors (Lipinski definition) is 3. The van der Waals surface area contributed by atoms with E-state index in [2.05, 4.69) is 0 Å². The van der Waals surface area contributed by atoms with Gasteiger partial charge in [-0.3, -0.25) is 0 Å². The van der Waals surface area contributed by atoms with E-state index in [1.807, 2.05) is 18.2 Å². The first kappa shape index (κ1) is 14.4. The van der Waals surface area contributed by atoms with Crippen molar-refractivity contribution in [3.05, 3.63) is 58.1 Å². The van der Waals surface area contributed by atoms with Crippen LogP contribution in [-0.2, 0) is 28.4 Å². The van der Waals surface area contributed by atoms with Crippen molar-refractivity contribution in [1.29, 1.82) is 0 Å². The van der Waals surface area contributed by atoms with Crippen molar-refractivity contribution in [2.75, 3.05) is 5.73 Å². The summed E-state index contributed by atoms with van der Waals surface area (Å²) in [5.41, 5.74) is 9.46. The minimum Gasteiger partial charge on any atom is -0.399 e. The third-order valence-electron chi connectivity index (χ3n) is 3.81. The van der Waals surface area contributed by atoms with Crippen LogP contribution < -0.4 is 5.73 Å². The first-order valence-electron chi connectivity index (χ1n) is 6.84. The van der Waals surface area contributed by atoms with Gasteiger partial charge in [0, 0.05) is 5.69 Å². The molecular weight excluding hydrogens is 306 g/mol. The molecule has 0 radical (unpaired) electrons. The Hall–Kier alpha value is -1.52. The summed E-state index contributed by atoms with van der Waals surface area (Å²) >= 11 is 6.01. The number of benzene rings is 2. The highest BCUT2D eigenvalue weighted by Gasteiger charge is 2.20. The van der Waals surface area contributed by atoms with Crippen molar-refractivity contribution < 1.29 is 8.42 Å². The van der Waals surface area contributed by atoms with Crippen molar-refractivity contribution in [3.8, 4) is 0 Å². The van der Waals surface area contributed by atoms with Crippen LogP contribution in [0.1, 0.15) is 23.1 Å². The molecule has 1 aliphatic rings. The molecule has 110 valence electrons. The molecule has 0 unspecified atom stereocenters. The molecule has 0 aromatic heterocycles. The number of nitrogens with two attached hydrogens (primary N) is 1. The molecule has 0 aliphatic heterocycles. The van der Waals surface area contributed by atoms with E-state index in [1.165, 1.54) is 23.3 Å². The molecule has 2 aromatic carbocycles. The molecule has 2 N–H and O–H groups in total. The van der Waals surface area contributed by atoms with Crippen LogP contribution in [0.15, 0.2) is 41.3 Å². The van der Waals surface area contributed by atoms with Crippen LogP contribution in [0.4, 0.5) is 5.69 Å². The molecule has 2 aromatic rings. The van der Waals surface area contributed by atoms with Crippen molar-refractivity contribution in [3.63, 3.8) is 0 Å². The van der Waals surface area contributed by atoms with E-state index < -0.39 is 9.84 Å². The molecule has 0 spiro atoms. The zero-order valence-electron chi connectivity index (χ0n) is 11.5. The highest BCUT2D eigenvalue weighted by Crippen LogP contribution is 2.28. The highest BCUT2D eigenvalue weighted by atomic mass is 35.5. The largest absolute Gasteiger partial charge is 0.399 e. The molecule has 0 amide bonds. The Morgan fingerprint density at radius 2 is 1.81 bits per heavy atom. The second kappa shape index (κ2) is 5.35. The van der Waals surface area contributed by atoms with Gasteiger partial charge < -0.3 is 5.73 Å². The van der Waals surface area contributed by atoms with Gasteiger partial charge in [0.25, 0.3) is 0 Å². The van der Waals surface area contributed by atoms with Gasteiger partial charge in [-0.1, -0.05) is 29.8 Å². The average Bonchev–Trinajstić information content (AvgIpc) is 2.88. The van der Waals surface area contributed by atoms with Gasteiger partial charge in [0.15, 0.2) is 9.84 Å². The summed E-state index contributed by atoms with van der Waals surface area (Å²) in [7, 11) is -3.50. The maximum atomic E-state index is 12.5. The molecule has 0 saturated heterocycles. The first-order valence-corrected chi connectivity index (χ1v) is 8.87. The number of nitrogen functional groups attached to an aromatic ring is 1. The van der Waals surface area contributed by atoms with Gasteiger partial charge in [0.2, 0.25) is 0 Å². The summed E-state index contributed by atoms with van der Waals surface area (Å²) in [5.74, 6) is -0.0521. The number of anilines is 1. The predicted molar refractivity (Wildman–Crippen MR) is 85.2 cm³/mol. The van der Waals surface area contributed by atoms with Crippen molar-refractivity contribution in [2.45, 2.75) is 29.9 Å². The van der Waals surface area contributed by atoms with E-state index in [0.717, 1.165) is 24.8 Å². The molecule has 1 aliphatic carbocycles. The lowest BCUT2D eigenvalue weighted by Gasteiger charge is -2.09. The zero-order valence-corrected chi connectivity index (χ0v) is 13.0. The smallest absolute Gasteiger partial charge is 0.184 e. The third-order valence-corrected chi connectivity index (χ3v) is 5.97. The number of sulfone groups is 1. The number of rotatable bonds is 3. The maximum Gasteiger partial charge on any atom is 0.184 e. The van der Waals surface area contributed by atoms with E-state index >= 15 is 0 Å². The molecular formula is C16H16ClNO2S. The lowest BCUT2D eigenvalue weighted by atomic mass is 10.1. The number of fused-ring (bicyclic) bond motifs is 1. The number of hydrogen-bond donors (Lipinski definition) is 1. The summed E-state index contributed by atoms with van der Waals surface area (Å²) in [6.45, 7) is 0. The van der Waals surface area contributed by atoms with Crippen LogP contribution in [0.3, 0.4) is 0 Å². The standard InChI is InChI=1S/C16H16ClNO2S/c17-15-7-6-14(18)9-16(15)21(19,20)10-11-4-5-12-2-1-3-13(12)8-11/h4-9H,1-3,10,18H2. The SMILES string of the molecule is Nc1ccc(Cl)c(S(=O)(=O)Cc2ccc3c(c2)CCC3)c1. The Kier molecular flexibility index (Phi) is 3.68. The fourth-order valence-corrected chi connectivity index (χ4v) is 4.70. The topological polar surface area (TPSA) is 60.2 Å². The van der Waals surface area contributed by atoms with Gasteiger partial charge in [-0.2, -0.15) is 0 Å². The summed E-state index contributed by atoms with van der Waals surface area (Å²) in [5, 5.41) is 0.213. The predicted octanol–water partition coefficient (Wildman–Crippen LogP) is 3.38. The second-order valence-corrected chi connectivity index (χ2v) is 7.77. The van der Waals surface area contributed by atoms with Crippen LogP contribution >= 0.6 is 11.6 Å². The zero-order chi connectivity index (χ0) is 15.0. The number of aryl methyl sites for hydroxylation is 2. The molecule has 0 fully saturated rings. The highest BCUT2D eigenvalue weighted by molar-refractivity contribution is 7.90. The van der Waals surface area contributed by atoms with Gasteiger partial charge in [0.05, 0.1) is 15.7 Å². The average molecular weight is 322 g/mol. The van der Waals surface area contributed by atoms with E-state index in [9.17, 15) is 8.42 Å². The number of halogens is 1. The molecule has 0 heterocycles. The van der Waals surface area contributed by atoms with Gasteiger partial charge in [-0.15, -0.1) is 0 Å². The summed E-state index contributed by atoms with van der Waals surface area (Å²) in [4.78, 5) is 0.102. The van der Waals surface area contributed by atoms with Gasteiger partial charge in [0.1, 0.15) is 0 Å². The molecule has 0 bridgehead atoms. The van der Waals surface area contributed by atoms with Gasteiger partial charge >= 0.3 is 0 Å². The molecule has 5 heteroatoms. The molecule has 3 rings (SSSR count). The Labute approximate surface area is 129 Å². The lowest BCUT2D eigenvalue weighted by molar-refractivity contribution is 0.595. The normalized spacial score (nSPS) is 14.1. The fraction of sp³-hybridized carbons (Fsp3) is 0.250. The summed E-state index contributed by atoms with van der Waals surface area (Å²) in [6.07, 6.45) is 3.26. The van der Waals surface area contributed by atoms with E-state index in [1.54, 1.807) is 6.07 Å². The van der Waals surface area contributed by atoms with Crippen LogP contribution in [0.25, 0.3) is 0 Å². The monoisotopic (exact) mass is 321 g/mol. The molecule has 3 nitrogen and oxygen atoms in total. The van der Waals surface area contributed by atoms with Crippen LogP contribution in [0, 0.1) is 0 Å². The minimum absolute atomic E-state index is 0.0521. The minimum atomic E-state index is -3.50.